The number of benzene rings is 2. The molecule has 4 rings (SSSR count). The molecule has 0 radical (unpaired) electrons. The van der Waals surface area contributed by atoms with Crippen molar-refractivity contribution in [3.05, 3.63) is 53.6 Å². The van der Waals surface area contributed by atoms with Crippen LogP contribution in [0.15, 0.2) is 47.4 Å². The number of hydrogen-bond acceptors (Lipinski definition) is 4. The molecule has 0 aromatic heterocycles. The number of nitrogens with zero attached hydrogens (tertiary/aromatic N) is 1. The topological polar surface area (TPSA) is 95.6 Å². The summed E-state index contributed by atoms with van der Waals surface area (Å²) in [4.78, 5) is 24.8. The lowest BCUT2D eigenvalue weighted by Gasteiger charge is -2.31. The predicted molar refractivity (Wildman–Crippen MR) is 124 cm³/mol. The van der Waals surface area contributed by atoms with Crippen molar-refractivity contribution in [1.29, 1.82) is 0 Å². The van der Waals surface area contributed by atoms with Crippen LogP contribution >= 0.6 is 0 Å². The van der Waals surface area contributed by atoms with Crippen molar-refractivity contribution < 1.29 is 18.0 Å². The number of aryl methyl sites for hydroxylation is 2. The third-order valence-corrected chi connectivity index (χ3v) is 8.06. The number of piperidine rings is 1. The van der Waals surface area contributed by atoms with Gasteiger partial charge in [0.2, 0.25) is 21.8 Å². The van der Waals surface area contributed by atoms with Crippen LogP contribution in [0.1, 0.15) is 43.7 Å². The summed E-state index contributed by atoms with van der Waals surface area (Å²) in [7, 11) is -3.73. The fourth-order valence-electron chi connectivity index (χ4n) is 4.35. The molecular weight excluding hydrogens is 426 g/mol. The van der Waals surface area contributed by atoms with Gasteiger partial charge in [-0.15, -0.1) is 0 Å². The lowest BCUT2D eigenvalue weighted by Crippen LogP contribution is -2.43. The average molecular weight is 456 g/mol. The van der Waals surface area contributed by atoms with Crippen molar-refractivity contribution in [3.8, 4) is 0 Å². The standard InChI is InChI=1S/C24H29N3O4S/c1-2-17-6-3-9-20(14-17)25-24(29)19-8-5-13-27(16-19)32(30,31)21-11-12-22-18(15-21)7-4-10-23(28)26-22/h3,6,9,11-12,14-15,19H,2,4-5,7-8,10,13,16H2,1H3,(H,25,29)(H,26,28)/t19-/m1/s1. The van der Waals surface area contributed by atoms with E-state index in [9.17, 15) is 18.0 Å². The van der Waals surface area contributed by atoms with Crippen molar-refractivity contribution in [3.63, 3.8) is 0 Å². The lowest BCUT2D eigenvalue weighted by molar-refractivity contribution is -0.121. The Kier molecular flexibility index (Phi) is 6.62. The zero-order valence-electron chi connectivity index (χ0n) is 18.3. The van der Waals surface area contributed by atoms with E-state index in [1.165, 1.54) is 4.31 Å². The molecule has 2 aliphatic rings. The van der Waals surface area contributed by atoms with E-state index in [0.29, 0.717) is 44.3 Å². The highest BCUT2D eigenvalue weighted by molar-refractivity contribution is 7.89. The van der Waals surface area contributed by atoms with Crippen LogP contribution in [0.25, 0.3) is 0 Å². The quantitative estimate of drug-likeness (QED) is 0.721. The summed E-state index contributed by atoms with van der Waals surface area (Å²) in [5.74, 6) is -0.597. The van der Waals surface area contributed by atoms with Crippen LogP contribution in [0.3, 0.4) is 0 Å². The second kappa shape index (κ2) is 9.42. The minimum atomic E-state index is -3.73. The van der Waals surface area contributed by atoms with Crippen LogP contribution in [0.2, 0.25) is 0 Å². The number of hydrogen-bond donors (Lipinski definition) is 2. The van der Waals surface area contributed by atoms with Gasteiger partial charge in [-0.3, -0.25) is 9.59 Å². The summed E-state index contributed by atoms with van der Waals surface area (Å²) in [6.07, 6.45) is 3.94. The molecule has 2 amide bonds. The summed E-state index contributed by atoms with van der Waals surface area (Å²) in [5.41, 5.74) is 3.38. The van der Waals surface area contributed by atoms with Crippen molar-refractivity contribution in [2.75, 3.05) is 23.7 Å². The monoisotopic (exact) mass is 455 g/mol. The highest BCUT2D eigenvalue weighted by Crippen LogP contribution is 2.29. The largest absolute Gasteiger partial charge is 0.326 e. The Bertz CT molecular complexity index is 1130. The van der Waals surface area contributed by atoms with Gasteiger partial charge in [0.15, 0.2) is 0 Å². The molecule has 0 aliphatic carbocycles. The Hall–Kier alpha value is -2.71. The first-order chi connectivity index (χ1) is 15.4. The Labute approximate surface area is 189 Å². The smallest absolute Gasteiger partial charge is 0.243 e. The molecule has 2 aromatic carbocycles. The molecule has 32 heavy (non-hydrogen) atoms. The van der Waals surface area contributed by atoms with E-state index in [-0.39, 0.29) is 23.3 Å². The predicted octanol–water partition coefficient (Wildman–Crippen LogP) is 3.56. The third kappa shape index (κ3) is 4.86. The van der Waals surface area contributed by atoms with E-state index < -0.39 is 15.9 Å². The van der Waals surface area contributed by atoms with E-state index in [1.54, 1.807) is 18.2 Å². The van der Waals surface area contributed by atoms with E-state index >= 15 is 0 Å². The van der Waals surface area contributed by atoms with Crippen molar-refractivity contribution in [2.45, 2.75) is 50.3 Å². The fraction of sp³-hybridized carbons (Fsp3) is 0.417. The third-order valence-electron chi connectivity index (χ3n) is 6.20. The zero-order valence-corrected chi connectivity index (χ0v) is 19.1. The molecule has 0 spiro atoms. The second-order valence-electron chi connectivity index (χ2n) is 8.47. The maximum absolute atomic E-state index is 13.3. The molecule has 2 heterocycles. The Morgan fingerprint density at radius 2 is 2.00 bits per heavy atom. The summed E-state index contributed by atoms with van der Waals surface area (Å²) >= 11 is 0. The van der Waals surface area contributed by atoms with E-state index in [0.717, 1.165) is 23.2 Å². The lowest BCUT2D eigenvalue weighted by atomic mass is 9.98. The Morgan fingerprint density at radius 1 is 1.16 bits per heavy atom. The summed E-state index contributed by atoms with van der Waals surface area (Å²) in [6, 6.07) is 12.6. The van der Waals surface area contributed by atoms with Gasteiger partial charge in [0.05, 0.1) is 10.8 Å². The van der Waals surface area contributed by atoms with Gasteiger partial charge in [-0.2, -0.15) is 4.31 Å². The first-order valence-corrected chi connectivity index (χ1v) is 12.6. The normalized spacial score (nSPS) is 19.5. The summed E-state index contributed by atoms with van der Waals surface area (Å²) < 4.78 is 28.1. The summed E-state index contributed by atoms with van der Waals surface area (Å²) in [5, 5.41) is 5.78. The van der Waals surface area contributed by atoms with Gasteiger partial charge in [-0.25, -0.2) is 8.42 Å². The number of fused-ring (bicyclic) bond motifs is 1. The Morgan fingerprint density at radius 3 is 2.81 bits per heavy atom. The number of sulfonamides is 1. The van der Waals surface area contributed by atoms with Crippen LogP contribution in [0, 0.1) is 5.92 Å². The van der Waals surface area contributed by atoms with Gasteiger partial charge in [-0.05, 0) is 73.6 Å². The molecule has 8 heteroatoms. The molecular formula is C24H29N3O4S. The van der Waals surface area contributed by atoms with Gasteiger partial charge < -0.3 is 10.6 Å². The van der Waals surface area contributed by atoms with E-state index in [4.69, 9.17) is 0 Å². The van der Waals surface area contributed by atoms with Crippen LogP contribution in [-0.2, 0) is 32.5 Å². The van der Waals surface area contributed by atoms with Crippen LogP contribution in [0.5, 0.6) is 0 Å². The Balaban J connectivity index is 1.49. The zero-order chi connectivity index (χ0) is 22.7. The van der Waals surface area contributed by atoms with Crippen molar-refractivity contribution in [2.24, 2.45) is 5.92 Å². The minimum Gasteiger partial charge on any atom is -0.326 e. The number of carbonyl (C=O) groups excluding carboxylic acids is 2. The second-order valence-corrected chi connectivity index (χ2v) is 10.4. The number of carbonyl (C=O) groups is 2. The molecule has 2 aliphatic heterocycles. The highest BCUT2D eigenvalue weighted by Gasteiger charge is 2.33. The molecule has 1 fully saturated rings. The van der Waals surface area contributed by atoms with Gasteiger partial charge in [0, 0.05) is 30.9 Å². The van der Waals surface area contributed by atoms with Gasteiger partial charge in [-0.1, -0.05) is 19.1 Å². The van der Waals surface area contributed by atoms with Gasteiger partial charge in [0.1, 0.15) is 0 Å². The molecule has 0 bridgehead atoms. The molecule has 1 atom stereocenters. The molecule has 170 valence electrons. The number of amides is 2. The highest BCUT2D eigenvalue weighted by atomic mass is 32.2. The SMILES string of the molecule is CCc1cccc(NC(=O)[C@@H]2CCCN(S(=O)(=O)c3ccc4c(c3)CCCC(=O)N4)C2)c1. The number of rotatable bonds is 5. The van der Waals surface area contributed by atoms with Crippen molar-refractivity contribution >= 4 is 33.2 Å². The fourth-order valence-corrected chi connectivity index (χ4v) is 5.92. The number of anilines is 2. The first-order valence-electron chi connectivity index (χ1n) is 11.2. The molecule has 7 nitrogen and oxygen atoms in total. The van der Waals surface area contributed by atoms with E-state index in [1.807, 2.05) is 24.3 Å². The van der Waals surface area contributed by atoms with Crippen molar-refractivity contribution in [1.82, 2.24) is 4.31 Å². The van der Waals surface area contributed by atoms with E-state index in [2.05, 4.69) is 17.6 Å². The molecule has 1 saturated heterocycles. The minimum absolute atomic E-state index is 0.0475. The molecule has 0 unspecified atom stereocenters. The number of nitrogens with one attached hydrogen (secondary N) is 2. The molecule has 2 aromatic rings. The van der Waals surface area contributed by atoms with Crippen LogP contribution in [-0.4, -0.2) is 37.6 Å². The maximum Gasteiger partial charge on any atom is 0.243 e. The van der Waals surface area contributed by atoms with Crippen LogP contribution < -0.4 is 10.6 Å². The van der Waals surface area contributed by atoms with Gasteiger partial charge in [0.25, 0.3) is 0 Å². The van der Waals surface area contributed by atoms with Crippen LogP contribution in [0.4, 0.5) is 11.4 Å². The summed E-state index contributed by atoms with van der Waals surface area (Å²) in [6.45, 7) is 2.61. The van der Waals surface area contributed by atoms with Gasteiger partial charge >= 0.3 is 0 Å². The molecule has 2 N–H and O–H groups in total. The maximum atomic E-state index is 13.3. The first kappa shape index (κ1) is 22.5. The molecule has 0 saturated carbocycles. The average Bonchev–Trinajstić information content (AvgIpc) is 2.99.